The second-order valence-electron chi connectivity index (χ2n) is 5.76. The van der Waals surface area contributed by atoms with Crippen molar-refractivity contribution in [3.05, 3.63) is 40.5 Å². The van der Waals surface area contributed by atoms with E-state index in [1.807, 2.05) is 38.9 Å². The molecule has 0 aliphatic carbocycles. The van der Waals surface area contributed by atoms with Crippen molar-refractivity contribution >= 4 is 35.1 Å². The Labute approximate surface area is 152 Å². The fourth-order valence-electron chi connectivity index (χ4n) is 2.18. The van der Waals surface area contributed by atoms with Crippen molar-refractivity contribution in [1.29, 1.82) is 0 Å². The SMILES string of the molecule is CNCCN(C)c1cc(C)nc(NC(=O)Nc2ccc(Cl)c(C)c2)n1. The highest BCUT2D eigenvalue weighted by Crippen LogP contribution is 2.19. The molecule has 0 radical (unpaired) electrons. The number of urea groups is 1. The van der Waals surface area contributed by atoms with Gasteiger partial charge in [-0.05, 0) is 44.7 Å². The van der Waals surface area contributed by atoms with Crippen LogP contribution in [0.4, 0.5) is 22.2 Å². The second kappa shape index (κ2) is 8.64. The van der Waals surface area contributed by atoms with Crippen molar-refractivity contribution in [2.75, 3.05) is 42.7 Å². The fourth-order valence-corrected chi connectivity index (χ4v) is 2.30. The van der Waals surface area contributed by atoms with Gasteiger partial charge in [0.25, 0.3) is 0 Å². The van der Waals surface area contributed by atoms with Gasteiger partial charge in [0, 0.05) is 42.6 Å². The number of nitrogens with zero attached hydrogens (tertiary/aromatic N) is 3. The lowest BCUT2D eigenvalue weighted by atomic mass is 10.2. The van der Waals surface area contributed by atoms with Crippen LogP contribution in [0.15, 0.2) is 24.3 Å². The van der Waals surface area contributed by atoms with Crippen molar-refractivity contribution in [2.45, 2.75) is 13.8 Å². The van der Waals surface area contributed by atoms with Crippen molar-refractivity contribution in [2.24, 2.45) is 0 Å². The first-order valence-corrected chi connectivity index (χ1v) is 8.32. The van der Waals surface area contributed by atoms with Gasteiger partial charge in [0.15, 0.2) is 0 Å². The third kappa shape index (κ3) is 5.58. The highest BCUT2D eigenvalue weighted by Gasteiger charge is 2.10. The number of aromatic nitrogens is 2. The molecular formula is C17H23ClN6O. The van der Waals surface area contributed by atoms with E-state index in [9.17, 15) is 4.79 Å². The van der Waals surface area contributed by atoms with Gasteiger partial charge in [0.05, 0.1) is 0 Å². The summed E-state index contributed by atoms with van der Waals surface area (Å²) >= 11 is 5.99. The fraction of sp³-hybridized carbons (Fsp3) is 0.353. The second-order valence-corrected chi connectivity index (χ2v) is 6.17. The molecule has 0 atom stereocenters. The van der Waals surface area contributed by atoms with Crippen molar-refractivity contribution in [3.8, 4) is 0 Å². The van der Waals surface area contributed by atoms with Gasteiger partial charge in [-0.15, -0.1) is 0 Å². The monoisotopic (exact) mass is 362 g/mol. The molecule has 0 aliphatic heterocycles. The van der Waals surface area contributed by atoms with Crippen LogP contribution in [0.5, 0.6) is 0 Å². The van der Waals surface area contributed by atoms with Gasteiger partial charge in [-0.25, -0.2) is 9.78 Å². The van der Waals surface area contributed by atoms with Gasteiger partial charge in [0.1, 0.15) is 5.82 Å². The normalized spacial score (nSPS) is 10.4. The number of halogens is 1. The molecule has 1 heterocycles. The van der Waals surface area contributed by atoms with E-state index in [0.717, 1.165) is 30.2 Å². The Morgan fingerprint density at radius 1 is 1.20 bits per heavy atom. The van der Waals surface area contributed by atoms with E-state index in [4.69, 9.17) is 11.6 Å². The van der Waals surface area contributed by atoms with Crippen LogP contribution < -0.4 is 20.9 Å². The first-order chi connectivity index (χ1) is 11.9. The highest BCUT2D eigenvalue weighted by molar-refractivity contribution is 6.31. The number of anilines is 3. The van der Waals surface area contributed by atoms with Crippen LogP contribution in [0.25, 0.3) is 0 Å². The Balaban J connectivity index is 2.06. The number of carbonyl (C=O) groups is 1. The third-order valence-corrected chi connectivity index (χ3v) is 3.99. The largest absolute Gasteiger partial charge is 0.358 e. The smallest absolute Gasteiger partial charge is 0.326 e. The minimum absolute atomic E-state index is 0.259. The number of rotatable bonds is 6. The molecule has 2 amide bonds. The molecule has 1 aromatic carbocycles. The zero-order chi connectivity index (χ0) is 18.4. The summed E-state index contributed by atoms with van der Waals surface area (Å²) in [7, 11) is 3.84. The van der Waals surface area contributed by atoms with Crippen LogP contribution in [0.2, 0.25) is 5.02 Å². The number of amides is 2. The van der Waals surface area contributed by atoms with E-state index in [1.165, 1.54) is 0 Å². The van der Waals surface area contributed by atoms with Crippen molar-refractivity contribution < 1.29 is 4.79 Å². The molecule has 0 fully saturated rings. The standard InChI is InChI=1S/C17H23ClN6O/c1-11-9-13(5-6-14(11)18)21-17(25)23-16-20-12(2)10-15(22-16)24(4)8-7-19-3/h5-6,9-10,19H,7-8H2,1-4H3,(H2,20,21,22,23,25). The molecule has 2 rings (SSSR count). The maximum atomic E-state index is 12.2. The van der Waals surface area contributed by atoms with Crippen LogP contribution in [0.1, 0.15) is 11.3 Å². The molecule has 0 unspecified atom stereocenters. The molecule has 2 aromatic rings. The lowest BCUT2D eigenvalue weighted by Crippen LogP contribution is -2.28. The topological polar surface area (TPSA) is 82.2 Å². The molecule has 7 nitrogen and oxygen atoms in total. The summed E-state index contributed by atoms with van der Waals surface area (Å²) in [6.07, 6.45) is 0. The van der Waals surface area contributed by atoms with E-state index >= 15 is 0 Å². The molecule has 0 saturated carbocycles. The minimum Gasteiger partial charge on any atom is -0.358 e. The average Bonchev–Trinajstić information content (AvgIpc) is 2.55. The van der Waals surface area contributed by atoms with Gasteiger partial charge in [0.2, 0.25) is 5.95 Å². The summed E-state index contributed by atoms with van der Waals surface area (Å²) < 4.78 is 0. The van der Waals surface area contributed by atoms with Gasteiger partial charge in [-0.1, -0.05) is 11.6 Å². The van der Waals surface area contributed by atoms with Crippen LogP contribution >= 0.6 is 11.6 Å². The van der Waals surface area contributed by atoms with E-state index in [-0.39, 0.29) is 5.95 Å². The lowest BCUT2D eigenvalue weighted by Gasteiger charge is -2.19. The molecule has 0 aliphatic rings. The lowest BCUT2D eigenvalue weighted by molar-refractivity contribution is 0.262. The minimum atomic E-state index is -0.406. The molecule has 3 N–H and O–H groups in total. The van der Waals surface area contributed by atoms with Gasteiger partial charge in [-0.3, -0.25) is 5.32 Å². The maximum absolute atomic E-state index is 12.2. The summed E-state index contributed by atoms with van der Waals surface area (Å²) in [5.74, 6) is 1.01. The number of hydrogen-bond acceptors (Lipinski definition) is 5. The number of carbonyl (C=O) groups excluding carboxylic acids is 1. The first kappa shape index (κ1) is 19.0. The summed E-state index contributed by atoms with van der Waals surface area (Å²) in [6.45, 7) is 5.37. The Kier molecular flexibility index (Phi) is 6.55. The van der Waals surface area contributed by atoms with Crippen molar-refractivity contribution in [3.63, 3.8) is 0 Å². The van der Waals surface area contributed by atoms with Gasteiger partial charge >= 0.3 is 6.03 Å². The summed E-state index contributed by atoms with van der Waals surface area (Å²) in [5, 5.41) is 9.16. The number of likely N-dealkylation sites (N-methyl/N-ethyl adjacent to an activating group) is 2. The Morgan fingerprint density at radius 3 is 2.64 bits per heavy atom. The summed E-state index contributed by atoms with van der Waals surface area (Å²) in [4.78, 5) is 22.8. The summed E-state index contributed by atoms with van der Waals surface area (Å²) in [6, 6.07) is 6.75. The van der Waals surface area contributed by atoms with Gasteiger partial charge in [-0.2, -0.15) is 4.98 Å². The molecule has 0 spiro atoms. The Hall–Kier alpha value is -2.38. The molecule has 25 heavy (non-hydrogen) atoms. The molecule has 134 valence electrons. The molecular weight excluding hydrogens is 340 g/mol. The zero-order valence-electron chi connectivity index (χ0n) is 14.9. The molecule has 8 heteroatoms. The predicted octanol–water partition coefficient (Wildman–Crippen LogP) is 3.05. The molecule has 0 saturated heterocycles. The van der Waals surface area contributed by atoms with E-state index in [2.05, 4.69) is 25.9 Å². The highest BCUT2D eigenvalue weighted by atomic mass is 35.5. The maximum Gasteiger partial charge on any atom is 0.326 e. The van der Waals surface area contributed by atoms with Crippen LogP contribution in [-0.2, 0) is 0 Å². The molecule has 1 aromatic heterocycles. The quantitative estimate of drug-likeness (QED) is 0.735. The van der Waals surface area contributed by atoms with Gasteiger partial charge < -0.3 is 15.5 Å². The summed E-state index contributed by atoms with van der Waals surface area (Å²) in [5.41, 5.74) is 2.32. The predicted molar refractivity (Wildman–Crippen MR) is 103 cm³/mol. The molecule has 0 bridgehead atoms. The van der Waals surface area contributed by atoms with E-state index in [0.29, 0.717) is 10.7 Å². The van der Waals surface area contributed by atoms with Crippen LogP contribution in [0.3, 0.4) is 0 Å². The van der Waals surface area contributed by atoms with Crippen LogP contribution in [0, 0.1) is 13.8 Å². The van der Waals surface area contributed by atoms with E-state index in [1.54, 1.807) is 18.2 Å². The van der Waals surface area contributed by atoms with Crippen LogP contribution in [-0.4, -0.2) is 43.2 Å². The number of aryl methyl sites for hydroxylation is 2. The average molecular weight is 363 g/mol. The Morgan fingerprint density at radius 2 is 1.96 bits per heavy atom. The van der Waals surface area contributed by atoms with E-state index < -0.39 is 6.03 Å². The van der Waals surface area contributed by atoms with Crippen molar-refractivity contribution in [1.82, 2.24) is 15.3 Å². The first-order valence-electron chi connectivity index (χ1n) is 7.94. The third-order valence-electron chi connectivity index (χ3n) is 3.57. The Bertz CT molecular complexity index is 752. The number of nitrogens with one attached hydrogen (secondary N) is 3. The number of benzene rings is 1. The zero-order valence-corrected chi connectivity index (χ0v) is 15.6. The number of hydrogen-bond donors (Lipinski definition) is 3.